The van der Waals surface area contributed by atoms with Crippen molar-refractivity contribution in [3.8, 4) is 11.1 Å². The molecular formula is C21H26N2O3. The molecule has 1 atom stereocenters. The summed E-state index contributed by atoms with van der Waals surface area (Å²) < 4.78 is 4.85. The van der Waals surface area contributed by atoms with Crippen LogP contribution in [0.5, 0.6) is 0 Å². The summed E-state index contributed by atoms with van der Waals surface area (Å²) in [6, 6.07) is 15.0. The van der Waals surface area contributed by atoms with Crippen molar-refractivity contribution < 1.29 is 14.3 Å². The van der Waals surface area contributed by atoms with Crippen LogP contribution in [0.15, 0.2) is 48.5 Å². The van der Waals surface area contributed by atoms with Crippen molar-refractivity contribution in [1.82, 2.24) is 4.90 Å². The number of hydrogen-bond donors (Lipinski definition) is 1. The fourth-order valence-corrected chi connectivity index (χ4v) is 2.75. The molecule has 0 radical (unpaired) electrons. The van der Waals surface area contributed by atoms with Crippen LogP contribution in [-0.4, -0.2) is 44.4 Å². The van der Waals surface area contributed by atoms with E-state index in [0.29, 0.717) is 17.7 Å². The summed E-state index contributed by atoms with van der Waals surface area (Å²) in [6.45, 7) is 0.725. The summed E-state index contributed by atoms with van der Waals surface area (Å²) in [4.78, 5) is 26.5. The van der Waals surface area contributed by atoms with Crippen LogP contribution in [0.25, 0.3) is 11.1 Å². The maximum absolute atomic E-state index is 12.6. The second-order valence-electron chi connectivity index (χ2n) is 6.64. The molecule has 5 heteroatoms. The lowest BCUT2D eigenvalue weighted by atomic mass is 9.94. The highest BCUT2D eigenvalue weighted by molar-refractivity contribution is 5.98. The number of anilines is 1. The smallest absolute Gasteiger partial charge is 0.309 e. The lowest BCUT2D eigenvalue weighted by Crippen LogP contribution is -2.25. The Morgan fingerprint density at radius 3 is 2.04 bits per heavy atom. The van der Waals surface area contributed by atoms with E-state index < -0.39 is 5.92 Å². The van der Waals surface area contributed by atoms with Gasteiger partial charge >= 0.3 is 5.97 Å². The molecule has 0 saturated heterocycles. The zero-order chi connectivity index (χ0) is 19.1. The predicted molar refractivity (Wildman–Crippen MR) is 104 cm³/mol. The van der Waals surface area contributed by atoms with Crippen molar-refractivity contribution in [2.45, 2.75) is 12.8 Å². The van der Waals surface area contributed by atoms with Gasteiger partial charge in [0.25, 0.3) is 0 Å². The Morgan fingerprint density at radius 2 is 1.54 bits per heavy atom. The van der Waals surface area contributed by atoms with Gasteiger partial charge in [-0.3, -0.25) is 9.59 Å². The molecule has 0 fully saturated rings. The first kappa shape index (κ1) is 19.7. The molecule has 0 aliphatic heterocycles. The number of hydrogen-bond acceptors (Lipinski definition) is 5. The van der Waals surface area contributed by atoms with Gasteiger partial charge in [-0.1, -0.05) is 36.4 Å². The summed E-state index contributed by atoms with van der Waals surface area (Å²) in [5.41, 5.74) is 9.07. The van der Waals surface area contributed by atoms with Gasteiger partial charge in [0.15, 0.2) is 5.78 Å². The van der Waals surface area contributed by atoms with Gasteiger partial charge in [0.05, 0.1) is 13.0 Å². The van der Waals surface area contributed by atoms with Crippen LogP contribution in [-0.2, 0) is 9.53 Å². The van der Waals surface area contributed by atoms with Crippen LogP contribution in [0.1, 0.15) is 23.2 Å². The molecule has 2 aromatic rings. The lowest BCUT2D eigenvalue weighted by Gasteiger charge is -2.16. The third kappa shape index (κ3) is 5.43. The van der Waals surface area contributed by atoms with E-state index in [1.807, 2.05) is 55.4 Å². The third-order valence-electron chi connectivity index (χ3n) is 4.34. The van der Waals surface area contributed by atoms with E-state index in [1.54, 1.807) is 12.1 Å². The van der Waals surface area contributed by atoms with Crippen molar-refractivity contribution in [3.63, 3.8) is 0 Å². The Hall–Kier alpha value is -2.66. The van der Waals surface area contributed by atoms with Crippen molar-refractivity contribution in [3.05, 3.63) is 54.1 Å². The quantitative estimate of drug-likeness (QED) is 0.447. The van der Waals surface area contributed by atoms with Gasteiger partial charge in [0, 0.05) is 17.7 Å². The van der Waals surface area contributed by atoms with E-state index in [0.717, 1.165) is 17.7 Å². The predicted octanol–water partition coefficient (Wildman–Crippen LogP) is 3.25. The van der Waals surface area contributed by atoms with Crippen LogP contribution >= 0.6 is 0 Å². The van der Waals surface area contributed by atoms with E-state index in [-0.39, 0.29) is 18.2 Å². The summed E-state index contributed by atoms with van der Waals surface area (Å²) in [5, 5.41) is 0. The van der Waals surface area contributed by atoms with Crippen molar-refractivity contribution in [1.29, 1.82) is 0 Å². The number of rotatable bonds is 8. The summed E-state index contributed by atoms with van der Waals surface area (Å²) in [7, 11) is 5.23. The molecule has 2 rings (SSSR count). The zero-order valence-corrected chi connectivity index (χ0v) is 15.6. The standard InChI is InChI=1S/C21H26N2O3/c1-23(2)13-12-18(21(25)26-3)14-20(24)17-6-4-15(5-7-17)16-8-10-19(22)11-9-16/h4-11,18H,12-14,22H2,1-3H3. The number of Topliss-reactive ketones (excluding diaryl/α,β-unsaturated/α-hetero) is 1. The molecule has 5 nitrogen and oxygen atoms in total. The van der Waals surface area contributed by atoms with Crippen molar-refractivity contribution >= 4 is 17.4 Å². The number of carbonyl (C=O) groups excluding carboxylic acids is 2. The first-order valence-electron chi connectivity index (χ1n) is 8.62. The summed E-state index contributed by atoms with van der Waals surface area (Å²) in [5.74, 6) is -0.812. The maximum Gasteiger partial charge on any atom is 0.309 e. The Kier molecular flexibility index (Phi) is 6.92. The minimum Gasteiger partial charge on any atom is -0.469 e. The molecule has 0 heterocycles. The van der Waals surface area contributed by atoms with E-state index in [4.69, 9.17) is 10.5 Å². The number of ketones is 1. The molecular weight excluding hydrogens is 328 g/mol. The van der Waals surface area contributed by atoms with E-state index >= 15 is 0 Å². The van der Waals surface area contributed by atoms with E-state index in [9.17, 15) is 9.59 Å². The molecule has 0 saturated carbocycles. The molecule has 0 aliphatic carbocycles. The van der Waals surface area contributed by atoms with Gasteiger partial charge in [-0.2, -0.15) is 0 Å². The molecule has 0 spiro atoms. The number of benzene rings is 2. The molecule has 2 aromatic carbocycles. The second-order valence-corrected chi connectivity index (χ2v) is 6.64. The summed E-state index contributed by atoms with van der Waals surface area (Å²) in [6.07, 6.45) is 0.747. The van der Waals surface area contributed by atoms with Crippen LogP contribution in [0, 0.1) is 5.92 Å². The largest absolute Gasteiger partial charge is 0.469 e. The topological polar surface area (TPSA) is 72.6 Å². The highest BCUT2D eigenvalue weighted by Crippen LogP contribution is 2.22. The average molecular weight is 354 g/mol. The molecule has 1 unspecified atom stereocenters. The van der Waals surface area contributed by atoms with Crippen LogP contribution in [0.3, 0.4) is 0 Å². The van der Waals surface area contributed by atoms with Gasteiger partial charge in [0.1, 0.15) is 0 Å². The van der Waals surface area contributed by atoms with Crippen LogP contribution < -0.4 is 5.73 Å². The van der Waals surface area contributed by atoms with Gasteiger partial charge in [0.2, 0.25) is 0 Å². The first-order chi connectivity index (χ1) is 12.4. The van der Waals surface area contributed by atoms with Crippen LogP contribution in [0.2, 0.25) is 0 Å². The SMILES string of the molecule is COC(=O)C(CCN(C)C)CC(=O)c1ccc(-c2ccc(N)cc2)cc1. The van der Waals surface area contributed by atoms with Crippen molar-refractivity contribution in [2.24, 2.45) is 5.92 Å². The number of nitrogen functional groups attached to an aromatic ring is 1. The minimum atomic E-state index is -0.424. The average Bonchev–Trinajstić information content (AvgIpc) is 2.65. The normalized spacial score (nSPS) is 12.0. The fourth-order valence-electron chi connectivity index (χ4n) is 2.75. The third-order valence-corrected chi connectivity index (χ3v) is 4.34. The number of esters is 1. The second kappa shape index (κ2) is 9.15. The Morgan fingerprint density at radius 1 is 1.00 bits per heavy atom. The van der Waals surface area contributed by atoms with Gasteiger partial charge in [-0.25, -0.2) is 0 Å². The van der Waals surface area contributed by atoms with Gasteiger partial charge in [-0.05, 0) is 50.3 Å². The minimum absolute atomic E-state index is 0.0528. The summed E-state index contributed by atoms with van der Waals surface area (Å²) >= 11 is 0. The van der Waals surface area contributed by atoms with Crippen molar-refractivity contribution in [2.75, 3.05) is 33.5 Å². The molecule has 0 aromatic heterocycles. The molecule has 138 valence electrons. The molecule has 0 bridgehead atoms. The molecule has 0 amide bonds. The Bertz CT molecular complexity index is 737. The zero-order valence-electron chi connectivity index (χ0n) is 15.6. The lowest BCUT2D eigenvalue weighted by molar-refractivity contribution is -0.145. The molecule has 2 N–H and O–H groups in total. The van der Waals surface area contributed by atoms with Gasteiger partial charge < -0.3 is 15.4 Å². The van der Waals surface area contributed by atoms with E-state index in [1.165, 1.54) is 7.11 Å². The number of nitrogens with two attached hydrogens (primary N) is 1. The Balaban J connectivity index is 2.07. The highest BCUT2D eigenvalue weighted by Gasteiger charge is 2.23. The molecule has 26 heavy (non-hydrogen) atoms. The van der Waals surface area contributed by atoms with Gasteiger partial charge in [-0.15, -0.1) is 0 Å². The number of nitrogens with zero attached hydrogens (tertiary/aromatic N) is 1. The van der Waals surface area contributed by atoms with Crippen LogP contribution in [0.4, 0.5) is 5.69 Å². The number of methoxy groups -OCH3 is 1. The maximum atomic E-state index is 12.6. The highest BCUT2D eigenvalue weighted by atomic mass is 16.5. The monoisotopic (exact) mass is 354 g/mol. The first-order valence-corrected chi connectivity index (χ1v) is 8.62. The number of ether oxygens (including phenoxy) is 1. The number of carbonyl (C=O) groups is 2. The van der Waals surface area contributed by atoms with E-state index in [2.05, 4.69) is 0 Å². The molecule has 0 aliphatic rings. The Labute approximate surface area is 154 Å². The fraction of sp³-hybridized carbons (Fsp3) is 0.333.